The minimum absolute atomic E-state index is 0.232. The maximum atomic E-state index is 13.4. The highest BCUT2D eigenvalue weighted by Crippen LogP contribution is 2.32. The SMILES string of the molecule is CC(C)[n+]1ccn(-c2cc(-n3cc[n+](C(C)C)c3)cc(C(F)(F)F)c2)c1. The first-order valence-electron chi connectivity index (χ1n) is 8.55. The summed E-state index contributed by atoms with van der Waals surface area (Å²) >= 11 is 0. The molecule has 0 amide bonds. The van der Waals surface area contributed by atoms with E-state index in [2.05, 4.69) is 0 Å². The molecule has 0 radical (unpaired) electrons. The van der Waals surface area contributed by atoms with Crippen LogP contribution in [0.1, 0.15) is 45.3 Å². The number of nitrogens with zero attached hydrogens (tertiary/aromatic N) is 4. The summed E-state index contributed by atoms with van der Waals surface area (Å²) in [6.45, 7) is 8.08. The first kappa shape index (κ1) is 18.2. The van der Waals surface area contributed by atoms with Gasteiger partial charge < -0.3 is 0 Å². The quantitative estimate of drug-likeness (QED) is 0.622. The second-order valence-electron chi connectivity index (χ2n) is 6.96. The molecule has 0 saturated heterocycles. The summed E-state index contributed by atoms with van der Waals surface area (Å²) in [6, 6.07) is 4.57. The van der Waals surface area contributed by atoms with Gasteiger partial charge in [-0.2, -0.15) is 13.2 Å². The van der Waals surface area contributed by atoms with E-state index in [-0.39, 0.29) is 12.1 Å². The molecule has 0 bridgehead atoms. The normalized spacial score (nSPS) is 12.3. The van der Waals surface area contributed by atoms with Gasteiger partial charge in [-0.1, -0.05) is 0 Å². The van der Waals surface area contributed by atoms with E-state index in [0.717, 1.165) is 0 Å². The summed E-state index contributed by atoms with van der Waals surface area (Å²) in [6.07, 6.45) is 6.43. The molecule has 0 fully saturated rings. The molecule has 2 aromatic heterocycles. The van der Waals surface area contributed by atoms with Gasteiger partial charge in [-0.15, -0.1) is 0 Å². The van der Waals surface area contributed by atoms with E-state index < -0.39 is 11.7 Å². The van der Waals surface area contributed by atoms with E-state index in [0.29, 0.717) is 11.4 Å². The van der Waals surface area contributed by atoms with Gasteiger partial charge in [0.25, 0.3) is 0 Å². The summed E-state index contributed by atoms with van der Waals surface area (Å²) in [5.74, 6) is 0. The van der Waals surface area contributed by atoms with Crippen LogP contribution < -0.4 is 9.13 Å². The molecule has 0 atom stereocenters. The predicted molar refractivity (Wildman–Crippen MR) is 91.3 cm³/mol. The minimum Gasteiger partial charge on any atom is -0.234 e. The number of halogens is 3. The fraction of sp³-hybridized carbons (Fsp3) is 0.368. The molecule has 3 rings (SSSR count). The van der Waals surface area contributed by atoms with Crippen LogP contribution in [0.25, 0.3) is 11.4 Å². The Morgan fingerprint density at radius 2 is 1.19 bits per heavy atom. The largest absolute Gasteiger partial charge is 0.416 e. The highest BCUT2D eigenvalue weighted by atomic mass is 19.4. The van der Waals surface area contributed by atoms with Gasteiger partial charge >= 0.3 is 6.18 Å². The lowest BCUT2D eigenvalue weighted by molar-refractivity contribution is -0.715. The second-order valence-corrected chi connectivity index (χ2v) is 6.96. The van der Waals surface area contributed by atoms with Crippen LogP contribution in [0.3, 0.4) is 0 Å². The standard InChI is InChI=1S/C19H23F3N4/c1-14(2)23-5-7-25(12-23)17-9-16(19(20,21)22)10-18(11-17)26-8-6-24(13-26)15(3)4/h5-15H,1-4H3/q+2. The van der Waals surface area contributed by atoms with Crippen LogP contribution in [0, 0.1) is 0 Å². The number of imidazole rings is 2. The van der Waals surface area contributed by atoms with E-state index >= 15 is 0 Å². The summed E-state index contributed by atoms with van der Waals surface area (Å²) in [4.78, 5) is 0. The summed E-state index contributed by atoms with van der Waals surface area (Å²) in [7, 11) is 0. The number of hydrogen-bond acceptors (Lipinski definition) is 0. The van der Waals surface area contributed by atoms with E-state index in [9.17, 15) is 13.2 Å². The lowest BCUT2D eigenvalue weighted by Crippen LogP contribution is -2.33. The van der Waals surface area contributed by atoms with Crippen molar-refractivity contribution in [2.45, 2.75) is 46.0 Å². The molecule has 0 aliphatic heterocycles. The molecule has 4 nitrogen and oxygen atoms in total. The molecule has 0 saturated carbocycles. The number of hydrogen-bond donors (Lipinski definition) is 0. The summed E-state index contributed by atoms with van der Waals surface area (Å²) in [5, 5.41) is 0. The summed E-state index contributed by atoms with van der Waals surface area (Å²) < 4.78 is 47.6. The van der Waals surface area contributed by atoms with Crippen molar-refractivity contribution in [2.24, 2.45) is 0 Å². The Bertz CT molecular complexity index is 839. The zero-order chi connectivity index (χ0) is 19.1. The van der Waals surface area contributed by atoms with E-state index in [4.69, 9.17) is 0 Å². The van der Waals surface area contributed by atoms with Crippen molar-refractivity contribution in [1.82, 2.24) is 9.13 Å². The van der Waals surface area contributed by atoms with Crippen molar-refractivity contribution in [3.8, 4) is 11.4 Å². The lowest BCUT2D eigenvalue weighted by Gasteiger charge is -2.09. The van der Waals surface area contributed by atoms with Crippen LogP contribution in [-0.2, 0) is 6.18 Å². The molecular formula is C19H23F3N4+2. The van der Waals surface area contributed by atoms with Crippen LogP contribution in [0.15, 0.2) is 55.6 Å². The van der Waals surface area contributed by atoms with Crippen molar-refractivity contribution < 1.29 is 22.3 Å². The van der Waals surface area contributed by atoms with Crippen LogP contribution in [0.4, 0.5) is 13.2 Å². The van der Waals surface area contributed by atoms with Gasteiger partial charge in [0, 0.05) is 6.07 Å². The van der Waals surface area contributed by atoms with Gasteiger partial charge in [0.05, 0.1) is 17.6 Å². The molecule has 2 heterocycles. The van der Waals surface area contributed by atoms with Gasteiger partial charge in [-0.25, -0.2) is 18.3 Å². The Morgan fingerprint density at radius 3 is 1.50 bits per heavy atom. The van der Waals surface area contributed by atoms with Crippen molar-refractivity contribution in [3.63, 3.8) is 0 Å². The third kappa shape index (κ3) is 3.66. The highest BCUT2D eigenvalue weighted by Gasteiger charge is 2.33. The zero-order valence-corrected chi connectivity index (χ0v) is 15.3. The molecular weight excluding hydrogens is 341 g/mol. The van der Waals surface area contributed by atoms with Crippen LogP contribution >= 0.6 is 0 Å². The van der Waals surface area contributed by atoms with Gasteiger partial charge in [0.1, 0.15) is 36.2 Å². The first-order chi connectivity index (χ1) is 12.1. The molecule has 0 aliphatic rings. The summed E-state index contributed by atoms with van der Waals surface area (Å²) in [5.41, 5.74) is 0.276. The van der Waals surface area contributed by atoms with Crippen LogP contribution in [0.5, 0.6) is 0 Å². The maximum Gasteiger partial charge on any atom is 0.416 e. The Hall–Kier alpha value is -2.57. The Balaban J connectivity index is 2.12. The molecule has 0 aliphatic carbocycles. The van der Waals surface area contributed by atoms with Gasteiger partial charge in [-0.3, -0.25) is 0 Å². The second kappa shape index (κ2) is 6.63. The molecule has 26 heavy (non-hydrogen) atoms. The monoisotopic (exact) mass is 364 g/mol. The molecule has 138 valence electrons. The van der Waals surface area contributed by atoms with Crippen molar-refractivity contribution >= 4 is 0 Å². The topological polar surface area (TPSA) is 17.6 Å². The van der Waals surface area contributed by atoms with Gasteiger partial charge in [0.2, 0.25) is 12.7 Å². The van der Waals surface area contributed by atoms with Crippen LogP contribution in [0.2, 0.25) is 0 Å². The predicted octanol–water partition coefficient (Wildman–Crippen LogP) is 4.02. The van der Waals surface area contributed by atoms with Crippen molar-refractivity contribution in [2.75, 3.05) is 0 Å². The number of alkyl halides is 3. The zero-order valence-electron chi connectivity index (χ0n) is 15.3. The number of aromatic nitrogens is 4. The average Bonchev–Trinajstić information content (AvgIpc) is 3.23. The van der Waals surface area contributed by atoms with Crippen LogP contribution in [-0.4, -0.2) is 9.13 Å². The minimum atomic E-state index is -4.41. The molecule has 0 unspecified atom stereocenters. The highest BCUT2D eigenvalue weighted by molar-refractivity contribution is 5.48. The number of benzene rings is 1. The smallest absolute Gasteiger partial charge is 0.234 e. The van der Waals surface area contributed by atoms with E-state index in [1.165, 1.54) is 12.1 Å². The van der Waals surface area contributed by atoms with E-state index in [1.54, 1.807) is 40.2 Å². The van der Waals surface area contributed by atoms with Gasteiger partial charge in [0.15, 0.2) is 0 Å². The van der Waals surface area contributed by atoms with E-state index in [1.807, 2.05) is 49.2 Å². The fourth-order valence-electron chi connectivity index (χ4n) is 2.71. The average molecular weight is 364 g/mol. The molecule has 0 spiro atoms. The third-order valence-electron chi connectivity index (χ3n) is 4.33. The van der Waals surface area contributed by atoms with Gasteiger partial charge in [-0.05, 0) is 39.8 Å². The van der Waals surface area contributed by atoms with Crippen molar-refractivity contribution in [3.05, 3.63) is 61.2 Å². The van der Waals surface area contributed by atoms with Crippen molar-refractivity contribution in [1.29, 1.82) is 0 Å². The molecule has 7 heteroatoms. The number of rotatable bonds is 4. The molecule has 3 aromatic rings. The first-order valence-corrected chi connectivity index (χ1v) is 8.55. The Morgan fingerprint density at radius 1 is 0.769 bits per heavy atom. The molecule has 1 aromatic carbocycles. The lowest BCUT2D eigenvalue weighted by atomic mass is 10.1. The maximum absolute atomic E-state index is 13.4. The Labute approximate surface area is 150 Å². The molecule has 0 N–H and O–H groups in total. The third-order valence-corrected chi connectivity index (χ3v) is 4.33. The fourth-order valence-corrected chi connectivity index (χ4v) is 2.71. The Kier molecular flexibility index (Phi) is 4.64.